The molecular weight excluding hydrogens is 245 g/mol. The minimum Gasteiger partial charge on any atom is -0.338 e. The molecule has 1 atom stereocenters. The maximum atomic E-state index is 13.2. The number of nitrogens with one attached hydrogen (secondary N) is 1. The highest BCUT2D eigenvalue weighted by atomic mass is 19.1. The van der Waals surface area contributed by atoms with E-state index in [0.29, 0.717) is 18.3 Å². The summed E-state index contributed by atoms with van der Waals surface area (Å²) in [7, 11) is 0. The van der Waals surface area contributed by atoms with E-state index < -0.39 is 0 Å². The molecule has 1 heterocycles. The highest BCUT2D eigenvalue weighted by molar-refractivity contribution is 5.32. The Morgan fingerprint density at radius 1 is 1.47 bits per heavy atom. The Morgan fingerprint density at radius 2 is 2.37 bits per heavy atom. The smallest absolute Gasteiger partial charge is 0.240 e. The van der Waals surface area contributed by atoms with E-state index >= 15 is 0 Å². The first kappa shape index (κ1) is 12.3. The number of halogens is 1. The summed E-state index contributed by atoms with van der Waals surface area (Å²) in [6, 6.07) is 5.27. The van der Waals surface area contributed by atoms with E-state index in [1.807, 2.05) is 6.07 Å². The van der Waals surface area contributed by atoms with Crippen LogP contribution in [0.1, 0.15) is 41.7 Å². The summed E-state index contributed by atoms with van der Waals surface area (Å²) < 4.78 is 18.3. The van der Waals surface area contributed by atoms with Crippen LogP contribution in [-0.4, -0.2) is 10.1 Å². The van der Waals surface area contributed by atoms with Crippen molar-refractivity contribution in [2.45, 2.75) is 38.8 Å². The molecule has 0 amide bonds. The van der Waals surface area contributed by atoms with Crippen molar-refractivity contribution < 1.29 is 8.91 Å². The predicted molar refractivity (Wildman–Crippen MR) is 68.0 cm³/mol. The van der Waals surface area contributed by atoms with Crippen LogP contribution in [0.15, 0.2) is 22.7 Å². The summed E-state index contributed by atoms with van der Waals surface area (Å²) in [5, 5.41) is 7.17. The summed E-state index contributed by atoms with van der Waals surface area (Å²) in [4.78, 5) is 4.16. The third kappa shape index (κ3) is 2.66. The number of aryl methyl sites for hydroxylation is 2. The molecule has 1 aromatic heterocycles. The van der Waals surface area contributed by atoms with Crippen LogP contribution in [0, 0.1) is 12.7 Å². The normalized spacial score (nSPS) is 18.3. The van der Waals surface area contributed by atoms with E-state index in [0.717, 1.165) is 24.8 Å². The van der Waals surface area contributed by atoms with Gasteiger partial charge in [-0.05, 0) is 49.4 Å². The largest absolute Gasteiger partial charge is 0.338 e. The molecule has 1 N–H and O–H groups in total. The second-order valence-corrected chi connectivity index (χ2v) is 4.90. The molecule has 0 saturated carbocycles. The van der Waals surface area contributed by atoms with Gasteiger partial charge in [-0.1, -0.05) is 11.2 Å². The number of aromatic nitrogens is 2. The summed E-state index contributed by atoms with van der Waals surface area (Å²) in [6.07, 6.45) is 3.06. The van der Waals surface area contributed by atoms with Crippen LogP contribution < -0.4 is 5.32 Å². The number of rotatable bonds is 3. The van der Waals surface area contributed by atoms with E-state index in [2.05, 4.69) is 15.5 Å². The zero-order valence-corrected chi connectivity index (χ0v) is 10.8. The van der Waals surface area contributed by atoms with Crippen molar-refractivity contribution in [1.29, 1.82) is 0 Å². The van der Waals surface area contributed by atoms with E-state index in [4.69, 9.17) is 4.52 Å². The summed E-state index contributed by atoms with van der Waals surface area (Å²) in [6.45, 7) is 2.34. The molecule has 2 aromatic rings. The highest BCUT2D eigenvalue weighted by Gasteiger charge is 2.20. The number of fused-ring (bicyclic) bond motifs is 1. The number of hydrogen-bond donors (Lipinski definition) is 1. The highest BCUT2D eigenvalue weighted by Crippen LogP contribution is 2.30. The van der Waals surface area contributed by atoms with Crippen molar-refractivity contribution in [3.63, 3.8) is 0 Å². The first-order chi connectivity index (χ1) is 9.22. The van der Waals surface area contributed by atoms with E-state index in [1.165, 1.54) is 11.6 Å². The quantitative estimate of drug-likeness (QED) is 0.923. The van der Waals surface area contributed by atoms with Crippen LogP contribution in [0.3, 0.4) is 0 Å². The van der Waals surface area contributed by atoms with Crippen molar-refractivity contribution >= 4 is 0 Å². The molecule has 0 radical (unpaired) electrons. The molecule has 0 unspecified atom stereocenters. The fourth-order valence-electron chi connectivity index (χ4n) is 2.62. The second-order valence-electron chi connectivity index (χ2n) is 4.90. The topological polar surface area (TPSA) is 51.0 Å². The average Bonchev–Trinajstić information content (AvgIpc) is 2.81. The van der Waals surface area contributed by atoms with Crippen LogP contribution >= 0.6 is 0 Å². The van der Waals surface area contributed by atoms with Crippen LogP contribution in [0.5, 0.6) is 0 Å². The van der Waals surface area contributed by atoms with Gasteiger partial charge in [0.1, 0.15) is 5.82 Å². The third-order valence-electron chi connectivity index (χ3n) is 3.49. The van der Waals surface area contributed by atoms with Gasteiger partial charge in [0.2, 0.25) is 5.89 Å². The zero-order chi connectivity index (χ0) is 13.2. The number of benzene rings is 1. The van der Waals surface area contributed by atoms with E-state index in [1.54, 1.807) is 13.0 Å². The fraction of sp³-hybridized carbons (Fsp3) is 0.429. The lowest BCUT2D eigenvalue weighted by Gasteiger charge is -2.26. The van der Waals surface area contributed by atoms with Crippen LogP contribution in [-0.2, 0) is 13.0 Å². The molecule has 19 heavy (non-hydrogen) atoms. The molecule has 1 aliphatic carbocycles. The van der Waals surface area contributed by atoms with Gasteiger partial charge in [-0.15, -0.1) is 0 Å². The molecule has 100 valence electrons. The van der Waals surface area contributed by atoms with E-state index in [9.17, 15) is 4.39 Å². The maximum Gasteiger partial charge on any atom is 0.240 e. The van der Waals surface area contributed by atoms with Crippen molar-refractivity contribution in [3.05, 3.63) is 46.9 Å². The number of hydrogen-bond acceptors (Lipinski definition) is 4. The van der Waals surface area contributed by atoms with Gasteiger partial charge in [0.25, 0.3) is 0 Å². The predicted octanol–water partition coefficient (Wildman–Crippen LogP) is 2.68. The lowest BCUT2D eigenvalue weighted by Crippen LogP contribution is -2.25. The van der Waals surface area contributed by atoms with Gasteiger partial charge >= 0.3 is 0 Å². The zero-order valence-electron chi connectivity index (χ0n) is 10.8. The monoisotopic (exact) mass is 261 g/mol. The molecule has 1 aromatic carbocycles. The van der Waals surface area contributed by atoms with Crippen molar-refractivity contribution in [3.8, 4) is 0 Å². The van der Waals surface area contributed by atoms with Crippen LogP contribution in [0.25, 0.3) is 0 Å². The second kappa shape index (κ2) is 5.09. The van der Waals surface area contributed by atoms with Gasteiger partial charge in [-0.2, -0.15) is 4.98 Å². The van der Waals surface area contributed by atoms with Gasteiger partial charge in [0, 0.05) is 6.04 Å². The average molecular weight is 261 g/mol. The van der Waals surface area contributed by atoms with Crippen LogP contribution in [0.2, 0.25) is 0 Å². The van der Waals surface area contributed by atoms with Gasteiger partial charge in [-0.25, -0.2) is 4.39 Å². The minimum absolute atomic E-state index is 0.160. The molecule has 4 nitrogen and oxygen atoms in total. The number of nitrogens with zero attached hydrogens (tertiary/aromatic N) is 2. The lowest BCUT2D eigenvalue weighted by molar-refractivity contribution is 0.347. The molecule has 0 saturated heterocycles. The lowest BCUT2D eigenvalue weighted by atomic mass is 9.87. The van der Waals surface area contributed by atoms with E-state index in [-0.39, 0.29) is 11.9 Å². The molecule has 1 aliphatic rings. The molecule has 0 fully saturated rings. The van der Waals surface area contributed by atoms with Crippen molar-refractivity contribution in [1.82, 2.24) is 15.5 Å². The van der Waals surface area contributed by atoms with Crippen LogP contribution in [0.4, 0.5) is 4.39 Å². The first-order valence-electron chi connectivity index (χ1n) is 6.53. The Morgan fingerprint density at radius 3 is 3.16 bits per heavy atom. The summed E-state index contributed by atoms with van der Waals surface area (Å²) >= 11 is 0. The SMILES string of the molecule is Cc1noc(CN[C@H]2CCCc3cc(F)ccc32)n1. The standard InChI is InChI=1S/C14H16FN3O/c1-9-17-14(19-18-9)8-16-13-4-2-3-10-7-11(15)5-6-12(10)13/h5-7,13,16H,2-4,8H2,1H3/t13-/m0/s1. The molecule has 0 aliphatic heterocycles. The Bertz CT molecular complexity index is 582. The van der Waals surface area contributed by atoms with Gasteiger partial charge in [0.15, 0.2) is 5.82 Å². The molecular formula is C14H16FN3O. The van der Waals surface area contributed by atoms with Gasteiger partial charge in [-0.3, -0.25) is 0 Å². The molecule has 0 spiro atoms. The first-order valence-corrected chi connectivity index (χ1v) is 6.53. The summed E-state index contributed by atoms with van der Waals surface area (Å²) in [5.41, 5.74) is 2.29. The third-order valence-corrected chi connectivity index (χ3v) is 3.49. The van der Waals surface area contributed by atoms with Gasteiger partial charge < -0.3 is 9.84 Å². The van der Waals surface area contributed by atoms with Gasteiger partial charge in [0.05, 0.1) is 6.54 Å². The minimum atomic E-state index is -0.160. The summed E-state index contributed by atoms with van der Waals surface area (Å²) in [5.74, 6) is 1.07. The maximum absolute atomic E-state index is 13.2. The Labute approximate surface area is 111 Å². The Hall–Kier alpha value is -1.75. The molecule has 5 heteroatoms. The fourth-order valence-corrected chi connectivity index (χ4v) is 2.62. The van der Waals surface area contributed by atoms with Crippen molar-refractivity contribution in [2.75, 3.05) is 0 Å². The Kier molecular flexibility index (Phi) is 3.29. The Balaban J connectivity index is 1.73. The molecule has 3 rings (SSSR count). The molecule has 0 bridgehead atoms. The van der Waals surface area contributed by atoms with Crippen molar-refractivity contribution in [2.24, 2.45) is 0 Å².